The number of amides is 1. The monoisotopic (exact) mass is 270 g/mol. The highest BCUT2D eigenvalue weighted by molar-refractivity contribution is 6.17. The fourth-order valence-corrected chi connectivity index (χ4v) is 2.26. The van der Waals surface area contributed by atoms with Gasteiger partial charge in [-0.05, 0) is 31.6 Å². The summed E-state index contributed by atoms with van der Waals surface area (Å²) in [7, 11) is 0. The Morgan fingerprint density at radius 2 is 2.12 bits per heavy atom. The summed E-state index contributed by atoms with van der Waals surface area (Å²) in [6, 6.07) is 0. The van der Waals surface area contributed by atoms with Crippen LogP contribution >= 0.6 is 24.0 Å². The zero-order valence-corrected chi connectivity index (χ0v) is 10.9. The lowest BCUT2D eigenvalue weighted by molar-refractivity contribution is -0.128. The van der Waals surface area contributed by atoms with Crippen molar-refractivity contribution in [3.05, 3.63) is 0 Å². The lowest BCUT2D eigenvalue weighted by Gasteiger charge is -2.28. The minimum absolute atomic E-state index is 0. The largest absolute Gasteiger partial charge is 0.381 e. The molecule has 0 spiro atoms. The van der Waals surface area contributed by atoms with Gasteiger partial charge in [0.1, 0.15) is 0 Å². The van der Waals surface area contributed by atoms with E-state index in [-0.39, 0.29) is 24.2 Å². The summed E-state index contributed by atoms with van der Waals surface area (Å²) in [4.78, 5) is 11.6. The van der Waals surface area contributed by atoms with E-state index in [0.29, 0.717) is 11.8 Å². The van der Waals surface area contributed by atoms with E-state index in [2.05, 4.69) is 5.43 Å². The highest BCUT2D eigenvalue weighted by atomic mass is 35.5. The van der Waals surface area contributed by atoms with E-state index in [0.717, 1.165) is 38.9 Å². The molecule has 0 saturated carbocycles. The highest BCUT2D eigenvalue weighted by Gasteiger charge is 2.28. The number of halogens is 2. The lowest BCUT2D eigenvalue weighted by Crippen LogP contribution is -2.40. The fourth-order valence-electron chi connectivity index (χ4n) is 2.10. The van der Waals surface area contributed by atoms with Crippen LogP contribution in [-0.4, -0.2) is 25.0 Å². The molecule has 0 aromatic carbocycles. The lowest BCUT2D eigenvalue weighted by atomic mass is 9.82. The summed E-state index contributed by atoms with van der Waals surface area (Å²) < 4.78 is 5.28. The van der Waals surface area contributed by atoms with Crippen LogP contribution in [0.3, 0.4) is 0 Å². The second-order valence-corrected chi connectivity index (χ2v) is 4.27. The van der Waals surface area contributed by atoms with Crippen molar-refractivity contribution in [3.8, 4) is 0 Å². The van der Waals surface area contributed by atoms with Gasteiger partial charge in [0, 0.05) is 25.0 Å². The fraction of sp³-hybridized carbons (Fsp3) is 0.900. The van der Waals surface area contributed by atoms with Gasteiger partial charge < -0.3 is 4.74 Å². The number of nitrogens with two attached hydrogens (primary N) is 1. The second kappa shape index (κ2) is 9.05. The van der Waals surface area contributed by atoms with Gasteiger partial charge >= 0.3 is 0 Å². The van der Waals surface area contributed by atoms with Crippen LogP contribution in [0.1, 0.15) is 25.7 Å². The van der Waals surface area contributed by atoms with E-state index in [9.17, 15) is 4.79 Å². The molecule has 6 heteroatoms. The first-order valence-electron chi connectivity index (χ1n) is 5.43. The zero-order chi connectivity index (χ0) is 11.1. The standard InChI is InChI=1S/C10H19ClN2O2.ClH/c11-5-1-2-9(10(14)13-12)8-3-6-15-7-4-8;/h8-9H,1-7,12H2,(H,13,14);1H. The number of nitrogens with one attached hydrogen (secondary N) is 1. The summed E-state index contributed by atoms with van der Waals surface area (Å²) in [5.41, 5.74) is 2.25. The molecule has 1 unspecified atom stereocenters. The van der Waals surface area contributed by atoms with E-state index in [1.54, 1.807) is 0 Å². The topological polar surface area (TPSA) is 64.3 Å². The Hall–Kier alpha value is -0.0300. The van der Waals surface area contributed by atoms with Gasteiger partial charge in [0.25, 0.3) is 0 Å². The molecule has 1 atom stereocenters. The van der Waals surface area contributed by atoms with E-state index in [1.165, 1.54) is 0 Å². The predicted molar refractivity (Wildman–Crippen MR) is 66.6 cm³/mol. The van der Waals surface area contributed by atoms with Gasteiger partial charge in [0.2, 0.25) is 5.91 Å². The normalized spacial score (nSPS) is 18.6. The molecule has 0 radical (unpaired) electrons. The Morgan fingerprint density at radius 1 is 1.50 bits per heavy atom. The van der Waals surface area contributed by atoms with Crippen LogP contribution in [0.25, 0.3) is 0 Å². The molecule has 0 aromatic heterocycles. The second-order valence-electron chi connectivity index (χ2n) is 3.90. The molecule has 0 aliphatic carbocycles. The molecule has 1 amide bonds. The molecule has 1 aliphatic heterocycles. The van der Waals surface area contributed by atoms with Crippen molar-refractivity contribution in [3.63, 3.8) is 0 Å². The highest BCUT2D eigenvalue weighted by Crippen LogP contribution is 2.27. The van der Waals surface area contributed by atoms with Crippen LogP contribution in [0.5, 0.6) is 0 Å². The third-order valence-corrected chi connectivity index (χ3v) is 3.23. The number of rotatable bonds is 5. The molecule has 1 aliphatic rings. The van der Waals surface area contributed by atoms with Crippen LogP contribution in [0.2, 0.25) is 0 Å². The quantitative estimate of drug-likeness (QED) is 0.344. The molecule has 96 valence electrons. The summed E-state index contributed by atoms with van der Waals surface area (Å²) in [6.45, 7) is 1.50. The molecule has 1 rings (SSSR count). The Morgan fingerprint density at radius 3 is 2.62 bits per heavy atom. The number of carbonyl (C=O) groups excluding carboxylic acids is 1. The maximum Gasteiger partial charge on any atom is 0.237 e. The first-order valence-corrected chi connectivity index (χ1v) is 5.97. The number of ether oxygens (including phenoxy) is 1. The van der Waals surface area contributed by atoms with E-state index >= 15 is 0 Å². The van der Waals surface area contributed by atoms with Crippen LogP contribution in [-0.2, 0) is 9.53 Å². The third kappa shape index (κ3) is 4.87. The van der Waals surface area contributed by atoms with Crippen molar-refractivity contribution in [2.75, 3.05) is 19.1 Å². The predicted octanol–water partition coefficient (Wildman–Crippen LogP) is 1.46. The van der Waals surface area contributed by atoms with Crippen LogP contribution in [0.15, 0.2) is 0 Å². The van der Waals surface area contributed by atoms with E-state index in [1.807, 2.05) is 0 Å². The molecule has 3 N–H and O–H groups in total. The molecular weight excluding hydrogens is 251 g/mol. The summed E-state index contributed by atoms with van der Waals surface area (Å²) in [5, 5.41) is 0. The number of alkyl halides is 1. The van der Waals surface area contributed by atoms with Crippen molar-refractivity contribution in [1.82, 2.24) is 5.43 Å². The molecule has 1 fully saturated rings. The average Bonchev–Trinajstić information content (AvgIpc) is 2.30. The maximum absolute atomic E-state index is 11.6. The Bertz CT molecular complexity index is 199. The van der Waals surface area contributed by atoms with Crippen molar-refractivity contribution in [1.29, 1.82) is 0 Å². The van der Waals surface area contributed by atoms with E-state index in [4.69, 9.17) is 22.2 Å². The number of hydrogen-bond donors (Lipinski definition) is 2. The average molecular weight is 271 g/mol. The first kappa shape index (κ1) is 16.0. The Labute approximate surface area is 108 Å². The van der Waals surface area contributed by atoms with Crippen molar-refractivity contribution >= 4 is 29.9 Å². The molecule has 0 bridgehead atoms. The van der Waals surface area contributed by atoms with Gasteiger partial charge in [-0.25, -0.2) is 5.84 Å². The van der Waals surface area contributed by atoms with Gasteiger partial charge in [-0.3, -0.25) is 10.2 Å². The minimum Gasteiger partial charge on any atom is -0.381 e. The molecule has 1 saturated heterocycles. The van der Waals surface area contributed by atoms with Crippen molar-refractivity contribution in [2.45, 2.75) is 25.7 Å². The first-order chi connectivity index (χ1) is 7.29. The summed E-state index contributed by atoms with van der Waals surface area (Å²) in [5.74, 6) is 6.11. The number of hydrogen-bond acceptors (Lipinski definition) is 3. The number of carbonyl (C=O) groups is 1. The van der Waals surface area contributed by atoms with Crippen LogP contribution in [0.4, 0.5) is 0 Å². The molecular formula is C10H20Cl2N2O2. The van der Waals surface area contributed by atoms with Crippen LogP contribution < -0.4 is 11.3 Å². The molecule has 4 nitrogen and oxygen atoms in total. The molecule has 0 aromatic rings. The van der Waals surface area contributed by atoms with Gasteiger partial charge in [-0.15, -0.1) is 24.0 Å². The van der Waals surface area contributed by atoms with Crippen LogP contribution in [0, 0.1) is 11.8 Å². The van der Waals surface area contributed by atoms with Gasteiger partial charge in [0.05, 0.1) is 0 Å². The van der Waals surface area contributed by atoms with E-state index < -0.39 is 0 Å². The zero-order valence-electron chi connectivity index (χ0n) is 9.28. The SMILES string of the molecule is Cl.NNC(=O)C(CCCCl)C1CCOCC1. The van der Waals surface area contributed by atoms with Gasteiger partial charge in [0.15, 0.2) is 0 Å². The molecule has 1 heterocycles. The summed E-state index contributed by atoms with van der Waals surface area (Å²) >= 11 is 5.64. The third-order valence-electron chi connectivity index (χ3n) is 2.96. The molecule has 16 heavy (non-hydrogen) atoms. The van der Waals surface area contributed by atoms with Crippen molar-refractivity contribution < 1.29 is 9.53 Å². The van der Waals surface area contributed by atoms with Gasteiger partial charge in [-0.2, -0.15) is 0 Å². The Kier molecular flexibility index (Phi) is 9.03. The number of hydrazine groups is 1. The van der Waals surface area contributed by atoms with Crippen molar-refractivity contribution in [2.24, 2.45) is 17.7 Å². The maximum atomic E-state index is 11.6. The minimum atomic E-state index is -0.0629. The Balaban J connectivity index is 0.00000225. The smallest absolute Gasteiger partial charge is 0.237 e. The van der Waals surface area contributed by atoms with Gasteiger partial charge in [-0.1, -0.05) is 0 Å². The summed E-state index contributed by atoms with van der Waals surface area (Å²) in [6.07, 6.45) is 3.56.